The first kappa shape index (κ1) is 17.4. The van der Waals surface area contributed by atoms with Crippen molar-refractivity contribution in [3.8, 4) is 0 Å². The van der Waals surface area contributed by atoms with Crippen LogP contribution in [0, 0.1) is 10.1 Å². The van der Waals surface area contributed by atoms with E-state index in [9.17, 15) is 19.7 Å². The molecule has 6 nitrogen and oxygen atoms in total. The number of ether oxygens (including phenoxy) is 1. The number of halogens is 1. The Kier molecular flexibility index (Phi) is 5.81. The summed E-state index contributed by atoms with van der Waals surface area (Å²) in [6.45, 7) is -0.429. The molecular formula is C17H12ClNO5. The lowest BCUT2D eigenvalue weighted by molar-refractivity contribution is -0.385. The zero-order valence-corrected chi connectivity index (χ0v) is 13.1. The molecule has 0 unspecified atom stereocenters. The number of rotatable bonds is 6. The lowest BCUT2D eigenvalue weighted by Gasteiger charge is -2.02. The van der Waals surface area contributed by atoms with Gasteiger partial charge in [0.1, 0.15) is 0 Å². The third-order valence-corrected chi connectivity index (χ3v) is 3.30. The smallest absolute Gasteiger partial charge is 0.331 e. The van der Waals surface area contributed by atoms with E-state index in [2.05, 4.69) is 0 Å². The molecule has 0 bridgehead atoms. The molecule has 24 heavy (non-hydrogen) atoms. The standard InChI is InChI=1S/C17H12ClNO5/c18-14-8-5-13(6-9-14)16(20)11-24-17(21)10-7-12-3-1-2-4-15(12)19(22)23/h1-10H,11H2. The van der Waals surface area contributed by atoms with E-state index < -0.39 is 17.5 Å². The van der Waals surface area contributed by atoms with Gasteiger partial charge < -0.3 is 4.74 Å². The average Bonchev–Trinajstić information content (AvgIpc) is 2.58. The second-order valence-corrected chi connectivity index (χ2v) is 5.12. The molecule has 0 radical (unpaired) electrons. The van der Waals surface area contributed by atoms with Crippen molar-refractivity contribution in [2.24, 2.45) is 0 Å². The lowest BCUT2D eigenvalue weighted by Crippen LogP contribution is -2.12. The number of carbonyl (C=O) groups excluding carboxylic acids is 2. The van der Waals surface area contributed by atoms with E-state index in [0.29, 0.717) is 10.6 Å². The van der Waals surface area contributed by atoms with Crippen LogP contribution in [0.1, 0.15) is 15.9 Å². The van der Waals surface area contributed by atoms with Crippen LogP contribution in [0.3, 0.4) is 0 Å². The highest BCUT2D eigenvalue weighted by molar-refractivity contribution is 6.30. The average molecular weight is 346 g/mol. The Hall–Kier alpha value is -2.99. The van der Waals surface area contributed by atoms with E-state index in [1.165, 1.54) is 36.4 Å². The van der Waals surface area contributed by atoms with Gasteiger partial charge in [-0.05, 0) is 36.4 Å². The molecule has 0 aliphatic carbocycles. The van der Waals surface area contributed by atoms with Crippen LogP contribution in [0.25, 0.3) is 6.08 Å². The molecule has 7 heteroatoms. The van der Waals surface area contributed by atoms with Crippen molar-refractivity contribution in [2.75, 3.05) is 6.61 Å². The monoisotopic (exact) mass is 345 g/mol. The number of benzene rings is 2. The van der Waals surface area contributed by atoms with Crippen molar-refractivity contribution in [1.29, 1.82) is 0 Å². The van der Waals surface area contributed by atoms with E-state index in [-0.39, 0.29) is 17.0 Å². The Bertz CT molecular complexity index is 799. The summed E-state index contributed by atoms with van der Waals surface area (Å²) in [7, 11) is 0. The molecule has 0 atom stereocenters. The fourth-order valence-electron chi connectivity index (χ4n) is 1.86. The maximum atomic E-state index is 11.8. The van der Waals surface area contributed by atoms with E-state index in [1.54, 1.807) is 18.2 Å². The molecule has 0 heterocycles. The van der Waals surface area contributed by atoms with Gasteiger partial charge in [0.15, 0.2) is 12.4 Å². The molecule has 0 aliphatic rings. The highest BCUT2D eigenvalue weighted by Gasteiger charge is 2.11. The number of ketones is 1. The first-order valence-electron chi connectivity index (χ1n) is 6.84. The fourth-order valence-corrected chi connectivity index (χ4v) is 1.98. The van der Waals surface area contributed by atoms with Crippen LogP contribution in [-0.2, 0) is 9.53 Å². The number of esters is 1. The number of nitrogens with zero attached hydrogens (tertiary/aromatic N) is 1. The van der Waals surface area contributed by atoms with Gasteiger partial charge in [0.05, 0.1) is 10.5 Å². The van der Waals surface area contributed by atoms with Crippen molar-refractivity contribution in [2.45, 2.75) is 0 Å². The largest absolute Gasteiger partial charge is 0.454 e. The first-order valence-corrected chi connectivity index (χ1v) is 7.22. The number of nitro benzene ring substituents is 1. The van der Waals surface area contributed by atoms with E-state index in [0.717, 1.165) is 6.08 Å². The molecule has 0 aliphatic heterocycles. The number of nitro groups is 1. The normalized spacial score (nSPS) is 10.5. The van der Waals surface area contributed by atoms with Gasteiger partial charge in [0.2, 0.25) is 0 Å². The molecule has 0 fully saturated rings. The molecular weight excluding hydrogens is 334 g/mol. The topological polar surface area (TPSA) is 86.5 Å². The van der Waals surface area contributed by atoms with Crippen molar-refractivity contribution < 1.29 is 19.2 Å². The van der Waals surface area contributed by atoms with Crippen LogP contribution >= 0.6 is 11.6 Å². The van der Waals surface area contributed by atoms with Crippen LogP contribution < -0.4 is 0 Å². The van der Waals surface area contributed by atoms with Crippen LogP contribution in [0.15, 0.2) is 54.6 Å². The highest BCUT2D eigenvalue weighted by Crippen LogP contribution is 2.18. The molecule has 2 aromatic carbocycles. The lowest BCUT2D eigenvalue weighted by atomic mass is 10.1. The molecule has 0 amide bonds. The third kappa shape index (κ3) is 4.76. The molecule has 0 saturated heterocycles. The number of carbonyl (C=O) groups is 2. The minimum absolute atomic E-state index is 0.126. The predicted octanol–water partition coefficient (Wildman–Crippen LogP) is 3.69. The molecule has 0 spiro atoms. The number of hydrogen-bond acceptors (Lipinski definition) is 5. The second-order valence-electron chi connectivity index (χ2n) is 4.69. The van der Waals surface area contributed by atoms with Gasteiger partial charge in [-0.25, -0.2) is 4.79 Å². The van der Waals surface area contributed by atoms with Gasteiger partial charge in [-0.15, -0.1) is 0 Å². The van der Waals surface area contributed by atoms with Gasteiger partial charge in [-0.3, -0.25) is 14.9 Å². The Labute approximate surface area is 142 Å². The quantitative estimate of drug-likeness (QED) is 0.262. The summed E-state index contributed by atoms with van der Waals surface area (Å²) in [5.41, 5.74) is 0.511. The Balaban J connectivity index is 1.95. The number of Topliss-reactive ketones (excluding diaryl/α,β-unsaturated/α-hetero) is 1. The third-order valence-electron chi connectivity index (χ3n) is 3.04. The summed E-state index contributed by atoms with van der Waals surface area (Å²) < 4.78 is 4.83. The molecule has 0 aromatic heterocycles. The van der Waals surface area contributed by atoms with E-state index in [1.807, 2.05) is 0 Å². The summed E-state index contributed by atoms with van der Waals surface area (Å²) in [5.74, 6) is -1.14. The highest BCUT2D eigenvalue weighted by atomic mass is 35.5. The summed E-state index contributed by atoms with van der Waals surface area (Å²) >= 11 is 5.72. The SMILES string of the molecule is O=C(C=Cc1ccccc1[N+](=O)[O-])OCC(=O)c1ccc(Cl)cc1. The maximum Gasteiger partial charge on any atom is 0.331 e. The van der Waals surface area contributed by atoms with Gasteiger partial charge in [0.25, 0.3) is 5.69 Å². The molecule has 122 valence electrons. The summed E-state index contributed by atoms with van der Waals surface area (Å²) in [5, 5.41) is 11.4. The van der Waals surface area contributed by atoms with Gasteiger partial charge >= 0.3 is 5.97 Å². The van der Waals surface area contributed by atoms with E-state index in [4.69, 9.17) is 16.3 Å². The Morgan fingerprint density at radius 1 is 1.12 bits per heavy atom. The van der Waals surface area contributed by atoms with Crippen LogP contribution in [0.4, 0.5) is 5.69 Å². The van der Waals surface area contributed by atoms with Crippen molar-refractivity contribution in [3.63, 3.8) is 0 Å². The molecule has 0 N–H and O–H groups in total. The molecule has 0 saturated carbocycles. The minimum Gasteiger partial charge on any atom is -0.454 e. The van der Waals surface area contributed by atoms with E-state index >= 15 is 0 Å². The molecule has 2 rings (SSSR count). The van der Waals surface area contributed by atoms with Crippen LogP contribution in [0.2, 0.25) is 5.02 Å². The Morgan fingerprint density at radius 2 is 1.79 bits per heavy atom. The van der Waals surface area contributed by atoms with Gasteiger partial charge in [-0.1, -0.05) is 23.7 Å². The number of para-hydroxylation sites is 1. The zero-order valence-electron chi connectivity index (χ0n) is 12.3. The van der Waals surface area contributed by atoms with Crippen molar-refractivity contribution >= 4 is 35.1 Å². The maximum absolute atomic E-state index is 11.8. The van der Waals surface area contributed by atoms with Gasteiger partial charge in [-0.2, -0.15) is 0 Å². The summed E-state index contributed by atoms with van der Waals surface area (Å²) in [4.78, 5) is 33.8. The first-order chi connectivity index (χ1) is 11.5. The van der Waals surface area contributed by atoms with Crippen LogP contribution in [-0.4, -0.2) is 23.3 Å². The minimum atomic E-state index is -0.768. The second kappa shape index (κ2) is 8.03. The Morgan fingerprint density at radius 3 is 2.46 bits per heavy atom. The zero-order chi connectivity index (χ0) is 17.5. The van der Waals surface area contributed by atoms with Gasteiger partial charge in [0, 0.05) is 22.7 Å². The van der Waals surface area contributed by atoms with Crippen LogP contribution in [0.5, 0.6) is 0 Å². The summed E-state index contributed by atoms with van der Waals surface area (Å²) in [6, 6.07) is 12.1. The summed E-state index contributed by atoms with van der Waals surface area (Å²) in [6.07, 6.45) is 2.31. The molecule has 2 aromatic rings. The fraction of sp³-hybridized carbons (Fsp3) is 0.0588. The van der Waals surface area contributed by atoms with Crippen molar-refractivity contribution in [3.05, 3.63) is 80.9 Å². The predicted molar refractivity (Wildman–Crippen MR) is 88.9 cm³/mol. The van der Waals surface area contributed by atoms with Crippen molar-refractivity contribution in [1.82, 2.24) is 0 Å². The number of hydrogen-bond donors (Lipinski definition) is 0.